The fourth-order valence-electron chi connectivity index (χ4n) is 3.33. The third-order valence-corrected chi connectivity index (χ3v) is 5.38. The van der Waals surface area contributed by atoms with Gasteiger partial charge in [0, 0.05) is 13.1 Å². The summed E-state index contributed by atoms with van der Waals surface area (Å²) in [5, 5.41) is 12.4. The van der Waals surface area contributed by atoms with Gasteiger partial charge in [0.1, 0.15) is 17.0 Å². The molecule has 0 bridgehead atoms. The zero-order valence-corrected chi connectivity index (χ0v) is 13.7. The van der Waals surface area contributed by atoms with E-state index in [1.54, 1.807) is 17.7 Å². The third kappa shape index (κ3) is 2.94. The van der Waals surface area contributed by atoms with E-state index >= 15 is 0 Å². The van der Waals surface area contributed by atoms with E-state index in [1.807, 2.05) is 12.1 Å². The monoisotopic (exact) mass is 325 g/mol. The van der Waals surface area contributed by atoms with Gasteiger partial charge in [-0.2, -0.15) is 0 Å². The van der Waals surface area contributed by atoms with Gasteiger partial charge in [0.05, 0.1) is 12.0 Å². The van der Waals surface area contributed by atoms with Crippen LogP contribution in [0, 0.1) is 5.92 Å². The van der Waals surface area contributed by atoms with Crippen LogP contribution in [0.15, 0.2) is 42.0 Å². The predicted octanol–water partition coefficient (Wildman–Crippen LogP) is 3.25. The Morgan fingerprint density at radius 3 is 2.78 bits per heavy atom. The van der Waals surface area contributed by atoms with Gasteiger partial charge in [0.2, 0.25) is 0 Å². The van der Waals surface area contributed by atoms with E-state index in [0.29, 0.717) is 5.92 Å². The molecule has 5 heteroatoms. The van der Waals surface area contributed by atoms with Crippen molar-refractivity contribution in [1.29, 1.82) is 0 Å². The van der Waals surface area contributed by atoms with Gasteiger partial charge in [-0.05, 0) is 41.3 Å². The molecule has 1 N–H and O–H groups in total. The Labute approximate surface area is 139 Å². The van der Waals surface area contributed by atoms with E-state index in [9.17, 15) is 0 Å². The van der Waals surface area contributed by atoms with Crippen molar-refractivity contribution in [2.24, 2.45) is 5.92 Å². The maximum atomic E-state index is 9.12. The van der Waals surface area contributed by atoms with Crippen molar-refractivity contribution in [2.45, 2.75) is 19.4 Å². The first-order valence-corrected chi connectivity index (χ1v) is 8.83. The minimum Gasteiger partial charge on any atom is -0.392 e. The molecule has 0 saturated carbocycles. The fourth-order valence-corrected chi connectivity index (χ4v) is 4.06. The first-order valence-electron chi connectivity index (χ1n) is 7.95. The number of aromatic nitrogens is 2. The fraction of sp³-hybridized carbons (Fsp3) is 0.333. The number of aliphatic hydroxyl groups is 1. The average Bonchev–Trinajstić information content (AvgIpc) is 3.24. The van der Waals surface area contributed by atoms with Gasteiger partial charge in [0.15, 0.2) is 0 Å². The molecule has 0 aliphatic carbocycles. The summed E-state index contributed by atoms with van der Waals surface area (Å²) in [5.74, 6) is 1.73. The number of thiophene rings is 1. The Morgan fingerprint density at radius 2 is 1.96 bits per heavy atom. The highest BCUT2D eigenvalue weighted by Gasteiger charge is 2.25. The molecule has 2 aromatic heterocycles. The van der Waals surface area contributed by atoms with Gasteiger partial charge in [-0.25, -0.2) is 9.97 Å². The molecule has 1 atom stereocenters. The molecule has 4 nitrogen and oxygen atoms in total. The summed E-state index contributed by atoms with van der Waals surface area (Å²) in [6.45, 7) is 2.22. The normalized spacial score (nSPS) is 18.0. The van der Waals surface area contributed by atoms with Crippen LogP contribution in [-0.4, -0.2) is 28.2 Å². The smallest absolute Gasteiger partial charge is 0.140 e. The highest BCUT2D eigenvalue weighted by molar-refractivity contribution is 7.16. The molecule has 0 unspecified atom stereocenters. The molecule has 1 fully saturated rings. The number of benzene rings is 1. The van der Waals surface area contributed by atoms with Gasteiger partial charge in [-0.1, -0.05) is 24.3 Å². The summed E-state index contributed by atoms with van der Waals surface area (Å²) in [6.07, 6.45) is 3.95. The molecular weight excluding hydrogens is 306 g/mol. The number of nitrogens with zero attached hydrogens (tertiary/aromatic N) is 3. The number of hydrogen-bond donors (Lipinski definition) is 1. The van der Waals surface area contributed by atoms with Gasteiger partial charge in [-0.3, -0.25) is 0 Å². The van der Waals surface area contributed by atoms with E-state index in [4.69, 9.17) is 5.11 Å². The minimum atomic E-state index is 0.113. The van der Waals surface area contributed by atoms with Crippen LogP contribution in [0.3, 0.4) is 0 Å². The van der Waals surface area contributed by atoms with Crippen LogP contribution < -0.4 is 4.90 Å². The molecule has 1 aliphatic heterocycles. The van der Waals surface area contributed by atoms with Crippen LogP contribution in [0.5, 0.6) is 0 Å². The van der Waals surface area contributed by atoms with Gasteiger partial charge < -0.3 is 10.0 Å². The molecule has 3 aromatic rings. The maximum absolute atomic E-state index is 9.12. The van der Waals surface area contributed by atoms with Crippen LogP contribution in [-0.2, 0) is 13.0 Å². The lowest BCUT2D eigenvalue weighted by Crippen LogP contribution is -2.21. The van der Waals surface area contributed by atoms with Gasteiger partial charge >= 0.3 is 0 Å². The van der Waals surface area contributed by atoms with E-state index in [-0.39, 0.29) is 6.61 Å². The van der Waals surface area contributed by atoms with Gasteiger partial charge in [-0.15, -0.1) is 11.3 Å². The number of aliphatic hydroxyl groups excluding tert-OH is 1. The second-order valence-electron chi connectivity index (χ2n) is 6.12. The Bertz CT molecular complexity index is 799. The summed E-state index contributed by atoms with van der Waals surface area (Å²) >= 11 is 1.67. The SMILES string of the molecule is OCc1ccc(C[C@@H]2CCN(c3ncnc4sccc34)C2)cc1. The second-order valence-corrected chi connectivity index (χ2v) is 7.01. The summed E-state index contributed by atoms with van der Waals surface area (Å²) < 4.78 is 0. The van der Waals surface area contributed by atoms with Crippen molar-refractivity contribution < 1.29 is 5.11 Å². The molecule has 0 amide bonds. The lowest BCUT2D eigenvalue weighted by Gasteiger charge is -2.18. The Balaban J connectivity index is 1.47. The zero-order valence-electron chi connectivity index (χ0n) is 12.9. The summed E-state index contributed by atoms with van der Waals surface area (Å²) in [7, 11) is 0. The highest BCUT2D eigenvalue weighted by Crippen LogP contribution is 2.31. The number of fused-ring (bicyclic) bond motifs is 1. The van der Waals surface area contributed by atoms with E-state index < -0.39 is 0 Å². The summed E-state index contributed by atoms with van der Waals surface area (Å²) in [5.41, 5.74) is 2.32. The molecule has 1 saturated heterocycles. The van der Waals surface area contributed by atoms with Crippen LogP contribution >= 0.6 is 11.3 Å². The molecule has 0 spiro atoms. The molecule has 1 aliphatic rings. The number of rotatable bonds is 4. The van der Waals surface area contributed by atoms with E-state index in [2.05, 4.69) is 38.4 Å². The van der Waals surface area contributed by atoms with Crippen LogP contribution in [0.2, 0.25) is 0 Å². The molecule has 118 valence electrons. The van der Waals surface area contributed by atoms with E-state index in [1.165, 1.54) is 17.4 Å². The Hall–Kier alpha value is -1.98. The quantitative estimate of drug-likeness (QED) is 0.800. The number of hydrogen-bond acceptors (Lipinski definition) is 5. The zero-order chi connectivity index (χ0) is 15.6. The van der Waals surface area contributed by atoms with Gasteiger partial charge in [0.25, 0.3) is 0 Å². The molecule has 23 heavy (non-hydrogen) atoms. The highest BCUT2D eigenvalue weighted by atomic mass is 32.1. The Kier molecular flexibility index (Phi) is 3.97. The first-order chi connectivity index (χ1) is 11.3. The molecular formula is C18H19N3OS. The van der Waals surface area contributed by atoms with E-state index in [0.717, 1.165) is 35.7 Å². The molecule has 4 rings (SSSR count). The lowest BCUT2D eigenvalue weighted by atomic mass is 9.98. The first kappa shape index (κ1) is 14.6. The second kappa shape index (κ2) is 6.26. The minimum absolute atomic E-state index is 0.113. The van der Waals surface area contributed by atoms with Crippen molar-refractivity contribution >= 4 is 27.4 Å². The standard InChI is InChI=1S/C18H19N3OS/c22-11-14-3-1-13(2-4-14)9-15-5-7-21(10-15)17-16-6-8-23-18(16)20-12-19-17/h1-4,6,8,12,15,22H,5,7,9-11H2/t15-/m0/s1. The maximum Gasteiger partial charge on any atom is 0.140 e. The Morgan fingerprint density at radius 1 is 1.13 bits per heavy atom. The molecule has 3 heterocycles. The lowest BCUT2D eigenvalue weighted by molar-refractivity contribution is 0.282. The van der Waals surface area contributed by atoms with Crippen molar-refractivity contribution in [3.05, 3.63) is 53.2 Å². The molecule has 1 aromatic carbocycles. The molecule has 0 radical (unpaired) electrons. The average molecular weight is 325 g/mol. The third-order valence-electron chi connectivity index (χ3n) is 4.56. The number of anilines is 1. The van der Waals surface area contributed by atoms with Crippen LogP contribution in [0.25, 0.3) is 10.2 Å². The van der Waals surface area contributed by atoms with Crippen LogP contribution in [0.4, 0.5) is 5.82 Å². The van der Waals surface area contributed by atoms with Crippen molar-refractivity contribution in [3.63, 3.8) is 0 Å². The topological polar surface area (TPSA) is 49.2 Å². The predicted molar refractivity (Wildman–Crippen MR) is 93.8 cm³/mol. The van der Waals surface area contributed by atoms with Crippen LogP contribution in [0.1, 0.15) is 17.5 Å². The largest absolute Gasteiger partial charge is 0.392 e. The summed E-state index contributed by atoms with van der Waals surface area (Å²) in [4.78, 5) is 12.3. The van der Waals surface area contributed by atoms with Crippen molar-refractivity contribution in [1.82, 2.24) is 9.97 Å². The van der Waals surface area contributed by atoms with Crippen molar-refractivity contribution in [3.8, 4) is 0 Å². The summed E-state index contributed by atoms with van der Waals surface area (Å²) in [6, 6.07) is 10.4. The van der Waals surface area contributed by atoms with Crippen molar-refractivity contribution in [2.75, 3.05) is 18.0 Å².